The fourth-order valence-corrected chi connectivity index (χ4v) is 5.40. The van der Waals surface area contributed by atoms with E-state index in [1.807, 2.05) is 39.0 Å². The van der Waals surface area contributed by atoms with Crippen LogP contribution in [0.25, 0.3) is 0 Å². The van der Waals surface area contributed by atoms with Gasteiger partial charge in [-0.05, 0) is 88.8 Å². The van der Waals surface area contributed by atoms with E-state index in [4.69, 9.17) is 14.2 Å². The van der Waals surface area contributed by atoms with Crippen LogP contribution in [0.2, 0.25) is 0 Å². The van der Waals surface area contributed by atoms with Crippen LogP contribution in [0, 0.1) is 29.1 Å². The van der Waals surface area contributed by atoms with Crippen LogP contribution < -0.4 is 9.47 Å². The summed E-state index contributed by atoms with van der Waals surface area (Å²) >= 11 is 0. The first-order valence-electron chi connectivity index (χ1n) is 10.8. The topological polar surface area (TPSA) is 68.5 Å². The number of rotatable bonds is 5. The Bertz CT molecular complexity index is 816. The third-order valence-corrected chi connectivity index (χ3v) is 6.79. The average molecular weight is 398 g/mol. The highest BCUT2D eigenvalue weighted by atomic mass is 16.6. The van der Waals surface area contributed by atoms with E-state index in [0.29, 0.717) is 5.75 Å². The van der Waals surface area contributed by atoms with Gasteiger partial charge in [-0.1, -0.05) is 6.07 Å². The molecule has 1 aromatic rings. The zero-order valence-corrected chi connectivity index (χ0v) is 17.9. The monoisotopic (exact) mass is 397 g/mol. The zero-order chi connectivity index (χ0) is 20.8. The minimum atomic E-state index is -0.515. The third-order valence-electron chi connectivity index (χ3n) is 6.79. The quantitative estimate of drug-likeness (QED) is 0.669. The molecule has 3 aliphatic carbocycles. The lowest BCUT2D eigenvalue weighted by Gasteiger charge is -2.24. The number of fused-ring (bicyclic) bond motifs is 1. The summed E-state index contributed by atoms with van der Waals surface area (Å²) in [6.45, 7) is 5.68. The molecular formula is C24H31NO4. The summed E-state index contributed by atoms with van der Waals surface area (Å²) in [6, 6.07) is 8.49. The summed E-state index contributed by atoms with van der Waals surface area (Å²) < 4.78 is 17.3. The van der Waals surface area contributed by atoms with Crippen molar-refractivity contribution < 1.29 is 19.0 Å². The first kappa shape index (κ1) is 20.1. The molecule has 4 atom stereocenters. The van der Waals surface area contributed by atoms with Gasteiger partial charge in [-0.15, -0.1) is 0 Å². The summed E-state index contributed by atoms with van der Waals surface area (Å²) in [5.74, 6) is 1.64. The molecular weight excluding hydrogens is 366 g/mol. The summed E-state index contributed by atoms with van der Waals surface area (Å²) in [4.78, 5) is 12.5. The second kappa shape index (κ2) is 7.23. The molecule has 0 aliphatic heterocycles. The second-order valence-electron chi connectivity index (χ2n) is 9.79. The third kappa shape index (κ3) is 3.58. The molecule has 5 heteroatoms. The fourth-order valence-electron chi connectivity index (χ4n) is 5.40. The minimum Gasteiger partial charge on any atom is -0.493 e. The maximum absolute atomic E-state index is 12.5. The Kier molecular flexibility index (Phi) is 5.01. The van der Waals surface area contributed by atoms with Gasteiger partial charge in [-0.2, -0.15) is 5.26 Å². The molecule has 3 fully saturated rings. The normalized spacial score (nSPS) is 31.1. The molecule has 1 aromatic carbocycles. The molecule has 5 nitrogen and oxygen atoms in total. The standard InChI is InChI=1S/C24H31NO4/c1-23(2,3)29-22(26)15-11-18-19(12-15)24(18,14-25)16-9-10-20(27-4)21(13-16)28-17-7-5-6-8-17/h9-10,13,15,17-19H,5-8,11-12H2,1-4H3/t15?,18-,19+,24?. The lowest BCUT2D eigenvalue weighted by molar-refractivity contribution is -0.160. The largest absolute Gasteiger partial charge is 0.493 e. The molecule has 156 valence electrons. The van der Waals surface area contributed by atoms with E-state index in [1.54, 1.807) is 7.11 Å². The van der Waals surface area contributed by atoms with Crippen LogP contribution >= 0.6 is 0 Å². The van der Waals surface area contributed by atoms with Gasteiger partial charge in [-0.3, -0.25) is 4.79 Å². The Balaban J connectivity index is 1.51. The van der Waals surface area contributed by atoms with Gasteiger partial charge in [0.1, 0.15) is 5.60 Å². The van der Waals surface area contributed by atoms with Crippen molar-refractivity contribution in [1.29, 1.82) is 5.26 Å². The highest BCUT2D eigenvalue weighted by molar-refractivity contribution is 5.74. The van der Waals surface area contributed by atoms with Crippen molar-refractivity contribution in [2.24, 2.45) is 17.8 Å². The van der Waals surface area contributed by atoms with Gasteiger partial charge in [-0.25, -0.2) is 0 Å². The van der Waals surface area contributed by atoms with E-state index >= 15 is 0 Å². The number of ether oxygens (including phenoxy) is 3. The number of methoxy groups -OCH3 is 1. The Hall–Kier alpha value is -2.22. The Morgan fingerprint density at radius 3 is 2.34 bits per heavy atom. The molecule has 0 bridgehead atoms. The molecule has 3 aliphatic rings. The van der Waals surface area contributed by atoms with Crippen LogP contribution in [-0.2, 0) is 14.9 Å². The SMILES string of the molecule is COc1ccc(C2(C#N)[C@@H]3CC(C(=O)OC(C)(C)C)C[C@@H]32)cc1OC1CCCC1. The van der Waals surface area contributed by atoms with Gasteiger partial charge in [0.2, 0.25) is 0 Å². The van der Waals surface area contributed by atoms with E-state index in [-0.39, 0.29) is 29.8 Å². The predicted octanol–water partition coefficient (Wildman–Crippen LogP) is 4.78. The van der Waals surface area contributed by atoms with Crippen LogP contribution in [0.15, 0.2) is 18.2 Å². The highest BCUT2D eigenvalue weighted by Crippen LogP contribution is 2.69. The molecule has 0 saturated heterocycles. The first-order chi connectivity index (χ1) is 13.8. The van der Waals surface area contributed by atoms with Crippen molar-refractivity contribution in [3.8, 4) is 17.6 Å². The molecule has 0 spiro atoms. The molecule has 0 N–H and O–H groups in total. The Morgan fingerprint density at radius 1 is 1.14 bits per heavy atom. The van der Waals surface area contributed by atoms with Crippen LogP contribution in [-0.4, -0.2) is 24.8 Å². The smallest absolute Gasteiger partial charge is 0.309 e. The van der Waals surface area contributed by atoms with Crippen LogP contribution in [0.1, 0.15) is 64.9 Å². The van der Waals surface area contributed by atoms with Gasteiger partial charge < -0.3 is 14.2 Å². The average Bonchev–Trinajstić information content (AvgIpc) is 3.07. The van der Waals surface area contributed by atoms with Crippen molar-refractivity contribution >= 4 is 5.97 Å². The number of nitrogens with zero attached hydrogens (tertiary/aromatic N) is 1. The van der Waals surface area contributed by atoms with Crippen LogP contribution in [0.5, 0.6) is 11.5 Å². The van der Waals surface area contributed by atoms with Crippen molar-refractivity contribution in [3.63, 3.8) is 0 Å². The molecule has 0 amide bonds. The van der Waals surface area contributed by atoms with Crippen LogP contribution in [0.3, 0.4) is 0 Å². The van der Waals surface area contributed by atoms with Gasteiger partial charge in [0.15, 0.2) is 11.5 Å². The van der Waals surface area contributed by atoms with Gasteiger partial charge in [0.05, 0.1) is 30.6 Å². The fraction of sp³-hybridized carbons (Fsp3) is 0.667. The summed E-state index contributed by atoms with van der Waals surface area (Å²) in [7, 11) is 1.65. The maximum atomic E-state index is 12.5. The molecule has 2 unspecified atom stereocenters. The summed E-state index contributed by atoms with van der Waals surface area (Å²) in [5, 5.41) is 10.1. The number of hydrogen-bond donors (Lipinski definition) is 0. The lowest BCUT2D eigenvalue weighted by Crippen LogP contribution is -2.29. The Morgan fingerprint density at radius 2 is 1.79 bits per heavy atom. The molecule has 0 aromatic heterocycles. The molecule has 29 heavy (non-hydrogen) atoms. The number of carbonyl (C=O) groups excluding carboxylic acids is 1. The van der Waals surface area contributed by atoms with Crippen molar-refractivity contribution in [2.75, 3.05) is 7.11 Å². The number of benzene rings is 1. The predicted molar refractivity (Wildman–Crippen MR) is 109 cm³/mol. The van der Waals surface area contributed by atoms with Crippen molar-refractivity contribution in [1.82, 2.24) is 0 Å². The zero-order valence-electron chi connectivity index (χ0n) is 17.9. The molecule has 0 radical (unpaired) electrons. The van der Waals surface area contributed by atoms with E-state index in [2.05, 4.69) is 6.07 Å². The minimum absolute atomic E-state index is 0.0989. The van der Waals surface area contributed by atoms with Crippen molar-refractivity contribution in [3.05, 3.63) is 23.8 Å². The molecule has 3 saturated carbocycles. The molecule has 0 heterocycles. The number of hydrogen-bond acceptors (Lipinski definition) is 5. The summed E-state index contributed by atoms with van der Waals surface area (Å²) in [5.41, 5.74) is 0.00319. The number of nitriles is 1. The van der Waals surface area contributed by atoms with Gasteiger partial charge in [0.25, 0.3) is 0 Å². The summed E-state index contributed by atoms with van der Waals surface area (Å²) in [6.07, 6.45) is 6.21. The lowest BCUT2D eigenvalue weighted by atomic mass is 9.85. The van der Waals surface area contributed by atoms with E-state index < -0.39 is 11.0 Å². The number of esters is 1. The van der Waals surface area contributed by atoms with Crippen LogP contribution in [0.4, 0.5) is 0 Å². The maximum Gasteiger partial charge on any atom is 0.309 e. The van der Waals surface area contributed by atoms with E-state index in [0.717, 1.165) is 37.0 Å². The van der Waals surface area contributed by atoms with Crippen molar-refractivity contribution in [2.45, 2.75) is 76.4 Å². The Labute approximate surface area is 173 Å². The molecule has 4 rings (SSSR count). The number of carbonyl (C=O) groups is 1. The van der Waals surface area contributed by atoms with Gasteiger partial charge >= 0.3 is 5.97 Å². The highest BCUT2D eigenvalue weighted by Gasteiger charge is 2.70. The second-order valence-corrected chi connectivity index (χ2v) is 9.79. The van der Waals surface area contributed by atoms with Gasteiger partial charge in [0, 0.05) is 0 Å². The van der Waals surface area contributed by atoms with E-state index in [1.165, 1.54) is 12.8 Å². The first-order valence-corrected chi connectivity index (χ1v) is 10.8. The van der Waals surface area contributed by atoms with E-state index in [9.17, 15) is 10.1 Å².